The normalized spacial score (nSPS) is 16.7. The molecule has 0 unspecified atom stereocenters. The average Bonchev–Trinajstić information content (AvgIpc) is 2.97. The molecule has 0 N–H and O–H groups in total. The van der Waals surface area contributed by atoms with Gasteiger partial charge in [0, 0.05) is 18.7 Å². The summed E-state index contributed by atoms with van der Waals surface area (Å²) >= 11 is 0. The minimum atomic E-state index is -0.463. The van der Waals surface area contributed by atoms with Crippen LogP contribution in [0, 0.1) is 19.8 Å². The Balaban J connectivity index is 1.67. The van der Waals surface area contributed by atoms with E-state index in [2.05, 4.69) is 0 Å². The Morgan fingerprint density at radius 1 is 1.08 bits per heavy atom. The van der Waals surface area contributed by atoms with Crippen LogP contribution in [0.1, 0.15) is 24.5 Å². The second-order valence-corrected chi connectivity index (χ2v) is 6.58. The standard InChI is InChI=1S/C21H23NO4/c1-4-25-18-7-5-17(6-8-18)22-13-16(12-20(22)23)21(24)26-19-10-14(2)9-15(3)11-19/h5-11,16H,4,12-13H2,1-3H3/t16-/m1/s1. The Labute approximate surface area is 153 Å². The number of aryl methyl sites for hydroxylation is 2. The summed E-state index contributed by atoms with van der Waals surface area (Å²) in [7, 11) is 0. The van der Waals surface area contributed by atoms with Gasteiger partial charge in [-0.2, -0.15) is 0 Å². The predicted octanol–water partition coefficient (Wildman–Crippen LogP) is 3.66. The average molecular weight is 353 g/mol. The van der Waals surface area contributed by atoms with Crippen molar-refractivity contribution in [1.82, 2.24) is 0 Å². The molecular formula is C21H23NO4. The van der Waals surface area contributed by atoms with E-state index in [1.807, 2.05) is 63.2 Å². The first kappa shape index (κ1) is 18.0. The first-order valence-corrected chi connectivity index (χ1v) is 8.79. The lowest BCUT2D eigenvalue weighted by atomic mass is 10.1. The summed E-state index contributed by atoms with van der Waals surface area (Å²) in [6.07, 6.45) is 0.164. The van der Waals surface area contributed by atoms with Crippen LogP contribution in [-0.2, 0) is 9.59 Å². The number of ether oxygens (including phenoxy) is 2. The lowest BCUT2D eigenvalue weighted by molar-refractivity contribution is -0.139. The zero-order valence-electron chi connectivity index (χ0n) is 15.3. The molecule has 5 nitrogen and oxygen atoms in total. The quantitative estimate of drug-likeness (QED) is 0.608. The highest BCUT2D eigenvalue weighted by Crippen LogP contribution is 2.28. The van der Waals surface area contributed by atoms with Gasteiger partial charge in [0.2, 0.25) is 5.91 Å². The maximum atomic E-state index is 12.5. The fourth-order valence-electron chi connectivity index (χ4n) is 3.20. The molecule has 5 heteroatoms. The van der Waals surface area contributed by atoms with Crippen molar-refractivity contribution in [3.05, 3.63) is 53.6 Å². The lowest BCUT2D eigenvalue weighted by Gasteiger charge is -2.17. The smallest absolute Gasteiger partial charge is 0.316 e. The van der Waals surface area contributed by atoms with Gasteiger partial charge in [-0.3, -0.25) is 9.59 Å². The molecule has 1 heterocycles. The summed E-state index contributed by atoms with van der Waals surface area (Å²) in [5.74, 6) is 0.386. The fourth-order valence-corrected chi connectivity index (χ4v) is 3.20. The summed E-state index contributed by atoms with van der Waals surface area (Å²) in [5, 5.41) is 0. The molecule has 1 atom stereocenters. The number of nitrogens with zero attached hydrogens (tertiary/aromatic N) is 1. The highest BCUT2D eigenvalue weighted by molar-refractivity contribution is 5.99. The molecule has 0 spiro atoms. The van der Waals surface area contributed by atoms with E-state index in [0.717, 1.165) is 22.6 Å². The van der Waals surface area contributed by atoms with Crippen molar-refractivity contribution >= 4 is 17.6 Å². The van der Waals surface area contributed by atoms with Crippen LogP contribution in [0.3, 0.4) is 0 Å². The highest BCUT2D eigenvalue weighted by atomic mass is 16.5. The van der Waals surface area contributed by atoms with Crippen LogP contribution >= 0.6 is 0 Å². The van der Waals surface area contributed by atoms with Crippen LogP contribution in [-0.4, -0.2) is 25.0 Å². The summed E-state index contributed by atoms with van der Waals surface area (Å²) in [4.78, 5) is 26.5. The first-order chi connectivity index (χ1) is 12.5. The number of amides is 1. The van der Waals surface area contributed by atoms with Crippen LogP contribution in [0.2, 0.25) is 0 Å². The molecule has 1 amide bonds. The predicted molar refractivity (Wildman–Crippen MR) is 99.6 cm³/mol. The van der Waals surface area contributed by atoms with Crippen LogP contribution in [0.25, 0.3) is 0 Å². The SMILES string of the molecule is CCOc1ccc(N2C[C@H](C(=O)Oc3cc(C)cc(C)c3)CC2=O)cc1. The minimum absolute atomic E-state index is 0.0727. The van der Waals surface area contributed by atoms with Gasteiger partial charge in [-0.1, -0.05) is 6.07 Å². The van der Waals surface area contributed by atoms with E-state index >= 15 is 0 Å². The molecule has 0 aromatic heterocycles. The lowest BCUT2D eigenvalue weighted by Crippen LogP contribution is -2.27. The fraction of sp³-hybridized carbons (Fsp3) is 0.333. The van der Waals surface area contributed by atoms with Gasteiger partial charge < -0.3 is 14.4 Å². The molecule has 0 radical (unpaired) electrons. The summed E-state index contributed by atoms with van der Waals surface area (Å²) in [5.41, 5.74) is 2.83. The van der Waals surface area contributed by atoms with Crippen molar-refractivity contribution in [3.8, 4) is 11.5 Å². The third kappa shape index (κ3) is 4.04. The molecular weight excluding hydrogens is 330 g/mol. The Morgan fingerprint density at radius 3 is 2.35 bits per heavy atom. The summed E-state index contributed by atoms with van der Waals surface area (Å²) in [6, 6.07) is 13.0. The van der Waals surface area contributed by atoms with Crippen molar-refractivity contribution in [3.63, 3.8) is 0 Å². The van der Waals surface area contributed by atoms with Crippen LogP contribution in [0.4, 0.5) is 5.69 Å². The molecule has 26 heavy (non-hydrogen) atoms. The molecule has 0 aliphatic carbocycles. The van der Waals surface area contributed by atoms with E-state index in [-0.39, 0.29) is 18.3 Å². The van der Waals surface area contributed by atoms with Gasteiger partial charge in [0.1, 0.15) is 11.5 Å². The molecule has 1 fully saturated rings. The number of anilines is 1. The molecule has 0 bridgehead atoms. The number of rotatable bonds is 5. The van der Waals surface area contributed by atoms with Gasteiger partial charge in [0.05, 0.1) is 12.5 Å². The molecule has 1 aliphatic rings. The number of hydrogen-bond acceptors (Lipinski definition) is 4. The third-order valence-electron chi connectivity index (χ3n) is 4.33. The molecule has 1 aliphatic heterocycles. The number of esters is 1. The number of hydrogen-bond donors (Lipinski definition) is 0. The third-order valence-corrected chi connectivity index (χ3v) is 4.33. The Bertz CT molecular complexity index is 793. The number of carbonyl (C=O) groups is 2. The Kier molecular flexibility index (Phi) is 5.26. The van der Waals surface area contributed by atoms with Gasteiger partial charge in [0.15, 0.2) is 0 Å². The first-order valence-electron chi connectivity index (χ1n) is 8.79. The highest BCUT2D eigenvalue weighted by Gasteiger charge is 2.36. The number of benzene rings is 2. The monoisotopic (exact) mass is 353 g/mol. The second kappa shape index (κ2) is 7.60. The summed E-state index contributed by atoms with van der Waals surface area (Å²) in [6.45, 7) is 6.75. The van der Waals surface area contributed by atoms with E-state index in [0.29, 0.717) is 18.9 Å². The maximum Gasteiger partial charge on any atom is 0.316 e. The molecule has 2 aromatic rings. The van der Waals surface area contributed by atoms with Gasteiger partial charge in [-0.05, 0) is 68.3 Å². The van der Waals surface area contributed by atoms with Gasteiger partial charge in [-0.15, -0.1) is 0 Å². The minimum Gasteiger partial charge on any atom is -0.494 e. The van der Waals surface area contributed by atoms with E-state index < -0.39 is 5.92 Å². The van der Waals surface area contributed by atoms with Crippen molar-refractivity contribution < 1.29 is 19.1 Å². The zero-order chi connectivity index (χ0) is 18.7. The molecule has 1 saturated heterocycles. The van der Waals surface area contributed by atoms with Crippen LogP contribution < -0.4 is 14.4 Å². The van der Waals surface area contributed by atoms with Crippen molar-refractivity contribution in [2.24, 2.45) is 5.92 Å². The van der Waals surface area contributed by atoms with E-state index in [9.17, 15) is 9.59 Å². The van der Waals surface area contributed by atoms with Crippen molar-refractivity contribution in [2.45, 2.75) is 27.2 Å². The number of carbonyl (C=O) groups excluding carboxylic acids is 2. The second-order valence-electron chi connectivity index (χ2n) is 6.58. The van der Waals surface area contributed by atoms with E-state index in [1.54, 1.807) is 4.90 Å². The van der Waals surface area contributed by atoms with Gasteiger partial charge in [0.25, 0.3) is 0 Å². The van der Waals surface area contributed by atoms with E-state index in [1.165, 1.54) is 0 Å². The van der Waals surface area contributed by atoms with E-state index in [4.69, 9.17) is 9.47 Å². The molecule has 0 saturated carbocycles. The Hall–Kier alpha value is -2.82. The van der Waals surface area contributed by atoms with Crippen molar-refractivity contribution in [1.29, 1.82) is 0 Å². The molecule has 2 aromatic carbocycles. The van der Waals surface area contributed by atoms with Crippen LogP contribution in [0.5, 0.6) is 11.5 Å². The Morgan fingerprint density at radius 2 is 1.73 bits per heavy atom. The van der Waals surface area contributed by atoms with Gasteiger partial charge in [-0.25, -0.2) is 0 Å². The van der Waals surface area contributed by atoms with Gasteiger partial charge >= 0.3 is 5.97 Å². The maximum absolute atomic E-state index is 12.5. The molecule has 3 rings (SSSR count). The summed E-state index contributed by atoms with van der Waals surface area (Å²) < 4.78 is 10.9. The zero-order valence-corrected chi connectivity index (χ0v) is 15.3. The van der Waals surface area contributed by atoms with Crippen molar-refractivity contribution in [2.75, 3.05) is 18.1 Å². The molecule has 136 valence electrons. The topological polar surface area (TPSA) is 55.8 Å². The largest absolute Gasteiger partial charge is 0.494 e. The van der Waals surface area contributed by atoms with Crippen LogP contribution in [0.15, 0.2) is 42.5 Å².